The van der Waals surface area contributed by atoms with E-state index in [-0.39, 0.29) is 5.91 Å². The number of carbonyl (C=O) groups is 1. The lowest BCUT2D eigenvalue weighted by atomic mass is 10.2. The SMILES string of the molecule is O=C(C[NH+]1CCN(c2cccc(Cl)c2)CC1)Nc1ccccc1Br. The van der Waals surface area contributed by atoms with Gasteiger partial charge in [-0.3, -0.25) is 4.79 Å². The molecular weight excluding hydrogens is 390 g/mol. The van der Waals surface area contributed by atoms with Gasteiger partial charge in [-0.1, -0.05) is 29.8 Å². The van der Waals surface area contributed by atoms with Gasteiger partial charge < -0.3 is 15.1 Å². The molecular formula is C18H20BrClN3O+. The van der Waals surface area contributed by atoms with Gasteiger partial charge in [-0.2, -0.15) is 0 Å². The maximum Gasteiger partial charge on any atom is 0.279 e. The fourth-order valence-electron chi connectivity index (χ4n) is 2.91. The van der Waals surface area contributed by atoms with E-state index < -0.39 is 0 Å². The molecule has 0 spiro atoms. The molecule has 1 amide bonds. The third-order valence-corrected chi connectivity index (χ3v) is 5.13. The van der Waals surface area contributed by atoms with Crippen LogP contribution >= 0.6 is 27.5 Å². The summed E-state index contributed by atoms with van der Waals surface area (Å²) in [6.45, 7) is 4.23. The van der Waals surface area contributed by atoms with Crippen LogP contribution in [0.2, 0.25) is 5.02 Å². The van der Waals surface area contributed by atoms with E-state index in [9.17, 15) is 4.79 Å². The van der Waals surface area contributed by atoms with Crippen molar-refractivity contribution in [1.82, 2.24) is 0 Å². The van der Waals surface area contributed by atoms with Crippen LogP contribution < -0.4 is 15.1 Å². The van der Waals surface area contributed by atoms with Gasteiger partial charge >= 0.3 is 0 Å². The lowest BCUT2D eigenvalue weighted by Gasteiger charge is -2.33. The summed E-state index contributed by atoms with van der Waals surface area (Å²) >= 11 is 9.51. The number of anilines is 2. The van der Waals surface area contributed by atoms with Crippen molar-refractivity contribution in [3.8, 4) is 0 Å². The first-order chi connectivity index (χ1) is 11.6. The predicted octanol–water partition coefficient (Wildman–Crippen LogP) is 2.45. The Hall–Kier alpha value is -1.56. The van der Waals surface area contributed by atoms with Crippen LogP contribution in [0.1, 0.15) is 0 Å². The van der Waals surface area contributed by atoms with Gasteiger partial charge in [0.25, 0.3) is 5.91 Å². The van der Waals surface area contributed by atoms with Gasteiger partial charge in [0.1, 0.15) is 0 Å². The lowest BCUT2D eigenvalue weighted by molar-refractivity contribution is -0.892. The van der Waals surface area contributed by atoms with Crippen molar-refractivity contribution in [3.63, 3.8) is 0 Å². The molecule has 1 aliphatic rings. The maximum absolute atomic E-state index is 12.2. The van der Waals surface area contributed by atoms with E-state index in [4.69, 9.17) is 11.6 Å². The first-order valence-corrected chi connectivity index (χ1v) is 9.17. The van der Waals surface area contributed by atoms with E-state index in [1.54, 1.807) is 0 Å². The lowest BCUT2D eigenvalue weighted by Crippen LogP contribution is -3.15. The summed E-state index contributed by atoms with van der Waals surface area (Å²) < 4.78 is 0.902. The number of para-hydroxylation sites is 1. The second-order valence-electron chi connectivity index (χ2n) is 5.92. The van der Waals surface area contributed by atoms with E-state index in [1.807, 2.05) is 42.5 Å². The molecule has 2 N–H and O–H groups in total. The number of hydrogen-bond acceptors (Lipinski definition) is 2. The van der Waals surface area contributed by atoms with Crippen molar-refractivity contribution >= 4 is 44.8 Å². The Morgan fingerprint density at radius 2 is 1.92 bits per heavy atom. The summed E-state index contributed by atoms with van der Waals surface area (Å²) in [5.74, 6) is 0.0492. The van der Waals surface area contributed by atoms with Gasteiger partial charge in [-0.05, 0) is 46.3 Å². The van der Waals surface area contributed by atoms with E-state index in [0.717, 1.165) is 47.0 Å². The molecule has 0 aliphatic carbocycles. The van der Waals surface area contributed by atoms with Gasteiger partial charge in [0.2, 0.25) is 0 Å². The molecule has 0 atom stereocenters. The van der Waals surface area contributed by atoms with Crippen molar-refractivity contribution in [2.24, 2.45) is 0 Å². The van der Waals surface area contributed by atoms with Crippen LogP contribution in [0.3, 0.4) is 0 Å². The number of quaternary nitrogens is 1. The van der Waals surface area contributed by atoms with Crippen LogP contribution in [0.5, 0.6) is 0 Å². The van der Waals surface area contributed by atoms with E-state index in [2.05, 4.69) is 32.2 Å². The monoisotopic (exact) mass is 408 g/mol. The average molecular weight is 410 g/mol. The Labute approximate surface area is 155 Å². The maximum atomic E-state index is 12.2. The van der Waals surface area contributed by atoms with Crippen molar-refractivity contribution in [1.29, 1.82) is 0 Å². The average Bonchev–Trinajstić information content (AvgIpc) is 2.58. The summed E-state index contributed by atoms with van der Waals surface area (Å²) in [5, 5.41) is 3.73. The summed E-state index contributed by atoms with van der Waals surface area (Å²) in [7, 11) is 0. The van der Waals surface area contributed by atoms with Crippen LogP contribution in [0.15, 0.2) is 53.0 Å². The minimum atomic E-state index is 0.0492. The van der Waals surface area contributed by atoms with Crippen LogP contribution in [-0.2, 0) is 4.79 Å². The molecule has 2 aromatic rings. The smallest absolute Gasteiger partial charge is 0.279 e. The summed E-state index contributed by atoms with van der Waals surface area (Å²) in [5.41, 5.74) is 1.97. The molecule has 0 saturated carbocycles. The third-order valence-electron chi connectivity index (χ3n) is 4.20. The number of rotatable bonds is 4. The van der Waals surface area contributed by atoms with Crippen molar-refractivity contribution in [2.45, 2.75) is 0 Å². The molecule has 6 heteroatoms. The minimum Gasteiger partial charge on any atom is -0.360 e. The number of nitrogens with one attached hydrogen (secondary N) is 2. The number of hydrogen-bond donors (Lipinski definition) is 2. The Morgan fingerprint density at radius 3 is 2.62 bits per heavy atom. The second kappa shape index (κ2) is 8.01. The zero-order valence-corrected chi connectivity index (χ0v) is 15.6. The highest BCUT2D eigenvalue weighted by Crippen LogP contribution is 2.21. The highest BCUT2D eigenvalue weighted by Gasteiger charge is 2.22. The number of piperazine rings is 1. The molecule has 1 aliphatic heterocycles. The first-order valence-electron chi connectivity index (χ1n) is 8.00. The molecule has 3 rings (SSSR count). The normalized spacial score (nSPS) is 15.3. The number of amides is 1. The first kappa shape index (κ1) is 17.3. The van der Waals surface area contributed by atoms with Gasteiger partial charge in [0, 0.05) is 15.2 Å². The largest absolute Gasteiger partial charge is 0.360 e. The second-order valence-corrected chi connectivity index (χ2v) is 7.21. The number of nitrogens with zero attached hydrogens (tertiary/aromatic N) is 1. The molecule has 0 unspecified atom stereocenters. The van der Waals surface area contributed by atoms with Gasteiger partial charge in [0.05, 0.1) is 31.9 Å². The molecule has 126 valence electrons. The number of halogens is 2. The van der Waals surface area contributed by atoms with Gasteiger partial charge in [0.15, 0.2) is 6.54 Å². The van der Waals surface area contributed by atoms with E-state index in [1.165, 1.54) is 4.90 Å². The quantitative estimate of drug-likeness (QED) is 0.814. The molecule has 1 fully saturated rings. The van der Waals surface area contributed by atoms with E-state index >= 15 is 0 Å². The highest BCUT2D eigenvalue weighted by atomic mass is 79.9. The van der Waals surface area contributed by atoms with Crippen LogP contribution in [-0.4, -0.2) is 38.6 Å². The summed E-state index contributed by atoms with van der Waals surface area (Å²) in [6.07, 6.45) is 0. The fourth-order valence-corrected chi connectivity index (χ4v) is 3.48. The summed E-state index contributed by atoms with van der Waals surface area (Å²) in [6, 6.07) is 15.6. The minimum absolute atomic E-state index is 0.0492. The zero-order valence-electron chi connectivity index (χ0n) is 13.3. The highest BCUT2D eigenvalue weighted by molar-refractivity contribution is 9.10. The molecule has 1 heterocycles. The van der Waals surface area contributed by atoms with Gasteiger partial charge in [-0.25, -0.2) is 0 Å². The number of carbonyl (C=O) groups excluding carboxylic acids is 1. The standard InChI is InChI=1S/C18H19BrClN3O/c19-16-6-1-2-7-17(16)21-18(24)13-22-8-10-23(11-9-22)15-5-3-4-14(20)12-15/h1-7,12H,8-11,13H2,(H,21,24)/p+1. The molecule has 0 bridgehead atoms. The van der Waals surface area contributed by atoms with Crippen molar-refractivity contribution < 1.29 is 9.69 Å². The third kappa shape index (κ3) is 4.50. The van der Waals surface area contributed by atoms with Crippen LogP contribution in [0, 0.1) is 0 Å². The molecule has 0 aromatic heterocycles. The Morgan fingerprint density at radius 1 is 1.17 bits per heavy atom. The Kier molecular flexibility index (Phi) is 5.76. The van der Waals surface area contributed by atoms with Crippen LogP contribution in [0.4, 0.5) is 11.4 Å². The molecule has 4 nitrogen and oxygen atoms in total. The topological polar surface area (TPSA) is 36.8 Å². The molecule has 0 radical (unpaired) electrons. The molecule has 24 heavy (non-hydrogen) atoms. The van der Waals surface area contributed by atoms with E-state index in [0.29, 0.717) is 6.54 Å². The van der Waals surface area contributed by atoms with Gasteiger partial charge in [-0.15, -0.1) is 0 Å². The van der Waals surface area contributed by atoms with Crippen molar-refractivity contribution in [2.75, 3.05) is 42.9 Å². The zero-order chi connectivity index (χ0) is 16.9. The van der Waals surface area contributed by atoms with Crippen molar-refractivity contribution in [3.05, 3.63) is 58.0 Å². The Bertz CT molecular complexity index is 717. The molecule has 1 saturated heterocycles. The number of benzene rings is 2. The Balaban J connectivity index is 1.50. The van der Waals surface area contributed by atoms with Crippen LogP contribution in [0.25, 0.3) is 0 Å². The summed E-state index contributed by atoms with van der Waals surface area (Å²) in [4.78, 5) is 15.9. The fraction of sp³-hybridized carbons (Fsp3) is 0.278. The molecule has 2 aromatic carbocycles. The predicted molar refractivity (Wildman–Crippen MR) is 102 cm³/mol.